The Balaban J connectivity index is 1.81. The number of hydrogen-bond acceptors (Lipinski definition) is 1. The van der Waals surface area contributed by atoms with E-state index in [9.17, 15) is 0 Å². The Morgan fingerprint density at radius 2 is 2.21 bits per heavy atom. The second-order valence-electron chi connectivity index (χ2n) is 4.16. The molecule has 1 saturated carbocycles. The fraction of sp³-hybridized carbons (Fsp3) is 0.500. The molecule has 0 spiro atoms. The molecule has 0 radical (unpaired) electrons. The summed E-state index contributed by atoms with van der Waals surface area (Å²) in [6.07, 6.45) is 3.85. The van der Waals surface area contributed by atoms with Gasteiger partial charge in [-0.05, 0) is 55.3 Å². The van der Waals surface area contributed by atoms with Gasteiger partial charge in [-0.2, -0.15) is 0 Å². The predicted molar refractivity (Wildman–Crippen MR) is 63.1 cm³/mol. The molecular formula is C12H16BrN. The second-order valence-corrected chi connectivity index (χ2v) is 5.08. The van der Waals surface area contributed by atoms with Crippen LogP contribution in [0.5, 0.6) is 0 Å². The van der Waals surface area contributed by atoms with E-state index in [0.717, 1.165) is 18.4 Å². The quantitative estimate of drug-likeness (QED) is 0.878. The smallest absolute Gasteiger partial charge is 0.0177 e. The lowest BCUT2D eigenvalue weighted by atomic mass is 10.1. The van der Waals surface area contributed by atoms with Crippen LogP contribution >= 0.6 is 15.9 Å². The van der Waals surface area contributed by atoms with Gasteiger partial charge in [0.1, 0.15) is 0 Å². The van der Waals surface area contributed by atoms with E-state index in [1.54, 1.807) is 0 Å². The van der Waals surface area contributed by atoms with Crippen LogP contribution in [0.15, 0.2) is 28.7 Å². The molecule has 2 atom stereocenters. The Morgan fingerprint density at radius 3 is 2.86 bits per heavy atom. The third kappa shape index (κ3) is 2.58. The van der Waals surface area contributed by atoms with Crippen LogP contribution in [0.4, 0.5) is 0 Å². The highest BCUT2D eigenvalue weighted by molar-refractivity contribution is 9.10. The third-order valence-electron chi connectivity index (χ3n) is 3.06. The van der Waals surface area contributed by atoms with Gasteiger partial charge >= 0.3 is 0 Å². The van der Waals surface area contributed by atoms with Crippen molar-refractivity contribution in [2.24, 2.45) is 17.6 Å². The van der Waals surface area contributed by atoms with Gasteiger partial charge in [-0.3, -0.25) is 0 Å². The summed E-state index contributed by atoms with van der Waals surface area (Å²) < 4.78 is 1.18. The number of rotatable bonds is 4. The molecule has 1 aliphatic carbocycles. The maximum Gasteiger partial charge on any atom is 0.0177 e. The van der Waals surface area contributed by atoms with E-state index in [1.165, 1.54) is 29.3 Å². The molecular weight excluding hydrogens is 238 g/mol. The van der Waals surface area contributed by atoms with E-state index in [2.05, 4.69) is 40.2 Å². The van der Waals surface area contributed by atoms with E-state index in [-0.39, 0.29) is 0 Å². The number of benzene rings is 1. The monoisotopic (exact) mass is 253 g/mol. The van der Waals surface area contributed by atoms with Gasteiger partial charge in [0.2, 0.25) is 0 Å². The van der Waals surface area contributed by atoms with Gasteiger partial charge in [-0.1, -0.05) is 28.1 Å². The van der Waals surface area contributed by atoms with E-state index in [1.807, 2.05) is 0 Å². The van der Waals surface area contributed by atoms with Crippen LogP contribution in [0.25, 0.3) is 0 Å². The highest BCUT2D eigenvalue weighted by atomic mass is 79.9. The first-order chi connectivity index (χ1) is 6.79. The summed E-state index contributed by atoms with van der Waals surface area (Å²) in [5, 5.41) is 0. The van der Waals surface area contributed by atoms with Crippen LogP contribution < -0.4 is 5.73 Å². The van der Waals surface area contributed by atoms with Crippen LogP contribution in [0, 0.1) is 11.8 Å². The van der Waals surface area contributed by atoms with Crippen molar-refractivity contribution in [3.63, 3.8) is 0 Å². The van der Waals surface area contributed by atoms with Crippen LogP contribution in [-0.4, -0.2) is 6.54 Å². The molecule has 0 bridgehead atoms. The summed E-state index contributed by atoms with van der Waals surface area (Å²) in [5.74, 6) is 1.72. The van der Waals surface area contributed by atoms with Crippen LogP contribution in [0.1, 0.15) is 18.4 Å². The Morgan fingerprint density at radius 1 is 1.36 bits per heavy atom. The first-order valence-electron chi connectivity index (χ1n) is 5.24. The molecule has 0 aromatic heterocycles. The van der Waals surface area contributed by atoms with Gasteiger partial charge in [0.15, 0.2) is 0 Å². The predicted octanol–water partition coefficient (Wildman–Crippen LogP) is 2.98. The first-order valence-corrected chi connectivity index (χ1v) is 6.03. The molecule has 0 heterocycles. The number of aryl methyl sites for hydroxylation is 1. The molecule has 1 aliphatic rings. The Hall–Kier alpha value is -0.340. The van der Waals surface area contributed by atoms with Crippen molar-refractivity contribution in [3.8, 4) is 0 Å². The van der Waals surface area contributed by atoms with Crippen molar-refractivity contribution in [1.29, 1.82) is 0 Å². The van der Waals surface area contributed by atoms with E-state index in [4.69, 9.17) is 5.73 Å². The van der Waals surface area contributed by atoms with Crippen molar-refractivity contribution in [3.05, 3.63) is 34.3 Å². The summed E-state index contributed by atoms with van der Waals surface area (Å²) in [6, 6.07) is 8.58. The fourth-order valence-electron chi connectivity index (χ4n) is 2.00. The van der Waals surface area contributed by atoms with Crippen LogP contribution in [0.2, 0.25) is 0 Å². The minimum atomic E-state index is 0.821. The summed E-state index contributed by atoms with van der Waals surface area (Å²) in [5.41, 5.74) is 7.04. The van der Waals surface area contributed by atoms with Crippen molar-refractivity contribution in [2.75, 3.05) is 6.54 Å². The zero-order valence-electron chi connectivity index (χ0n) is 8.25. The molecule has 0 aliphatic heterocycles. The lowest BCUT2D eigenvalue weighted by molar-refractivity contribution is 0.649. The number of halogens is 1. The van der Waals surface area contributed by atoms with Crippen molar-refractivity contribution in [2.45, 2.75) is 19.3 Å². The third-order valence-corrected chi connectivity index (χ3v) is 3.56. The Bertz CT molecular complexity index is 311. The van der Waals surface area contributed by atoms with Gasteiger partial charge in [-0.25, -0.2) is 0 Å². The first kappa shape index (κ1) is 10.2. The fourth-order valence-corrected chi connectivity index (χ4v) is 2.44. The summed E-state index contributed by atoms with van der Waals surface area (Å²) in [6.45, 7) is 0.878. The highest BCUT2D eigenvalue weighted by Crippen LogP contribution is 2.40. The van der Waals surface area contributed by atoms with Gasteiger partial charge < -0.3 is 5.73 Å². The van der Waals surface area contributed by atoms with Gasteiger partial charge in [0.25, 0.3) is 0 Å². The average Bonchev–Trinajstić information content (AvgIpc) is 2.93. The Kier molecular flexibility index (Phi) is 3.24. The van der Waals surface area contributed by atoms with Gasteiger partial charge in [-0.15, -0.1) is 0 Å². The largest absolute Gasteiger partial charge is 0.330 e. The zero-order valence-corrected chi connectivity index (χ0v) is 9.83. The van der Waals surface area contributed by atoms with Gasteiger partial charge in [0.05, 0.1) is 0 Å². The minimum Gasteiger partial charge on any atom is -0.330 e. The topological polar surface area (TPSA) is 26.0 Å². The lowest BCUT2D eigenvalue weighted by Crippen LogP contribution is -2.02. The minimum absolute atomic E-state index is 0.821. The maximum absolute atomic E-state index is 5.61. The normalized spacial score (nSPS) is 25.0. The molecule has 1 nitrogen and oxygen atoms in total. The highest BCUT2D eigenvalue weighted by Gasteiger charge is 2.34. The molecule has 76 valence electrons. The molecule has 1 aromatic carbocycles. The Labute approximate surface area is 93.8 Å². The van der Waals surface area contributed by atoms with Crippen molar-refractivity contribution in [1.82, 2.24) is 0 Å². The van der Waals surface area contributed by atoms with Crippen molar-refractivity contribution < 1.29 is 0 Å². The van der Waals surface area contributed by atoms with E-state index in [0.29, 0.717) is 0 Å². The zero-order chi connectivity index (χ0) is 9.97. The molecule has 2 rings (SSSR count). The molecule has 1 aromatic rings. The molecule has 2 heteroatoms. The molecule has 0 saturated heterocycles. The number of hydrogen-bond donors (Lipinski definition) is 1. The van der Waals surface area contributed by atoms with Gasteiger partial charge in [0, 0.05) is 4.47 Å². The number of nitrogens with two attached hydrogens (primary N) is 1. The summed E-state index contributed by atoms with van der Waals surface area (Å²) in [7, 11) is 0. The van der Waals surface area contributed by atoms with Crippen LogP contribution in [-0.2, 0) is 6.42 Å². The SMILES string of the molecule is NCC1CC1CCc1cccc(Br)c1. The molecule has 0 amide bonds. The maximum atomic E-state index is 5.61. The average molecular weight is 254 g/mol. The molecule has 14 heavy (non-hydrogen) atoms. The van der Waals surface area contributed by atoms with E-state index < -0.39 is 0 Å². The summed E-state index contributed by atoms with van der Waals surface area (Å²) >= 11 is 3.49. The summed E-state index contributed by atoms with van der Waals surface area (Å²) in [4.78, 5) is 0. The van der Waals surface area contributed by atoms with Crippen LogP contribution in [0.3, 0.4) is 0 Å². The van der Waals surface area contributed by atoms with E-state index >= 15 is 0 Å². The second kappa shape index (κ2) is 4.45. The standard InChI is InChI=1S/C12H16BrN/c13-12-3-1-2-9(6-12)4-5-10-7-11(10)8-14/h1-3,6,10-11H,4-5,7-8,14H2. The lowest BCUT2D eigenvalue weighted by Gasteiger charge is -2.01. The molecule has 2 N–H and O–H groups in total. The molecule has 1 fully saturated rings. The van der Waals surface area contributed by atoms with Crippen molar-refractivity contribution >= 4 is 15.9 Å². The molecule has 2 unspecified atom stereocenters.